The van der Waals surface area contributed by atoms with Gasteiger partial charge in [-0.05, 0) is 25.2 Å². The van der Waals surface area contributed by atoms with Gasteiger partial charge in [-0.25, -0.2) is 0 Å². The van der Waals surface area contributed by atoms with Crippen molar-refractivity contribution in [2.45, 2.75) is 13.3 Å². The maximum absolute atomic E-state index is 12.1. The Morgan fingerprint density at radius 2 is 1.81 bits per heavy atom. The van der Waals surface area contributed by atoms with Crippen molar-refractivity contribution in [3.8, 4) is 0 Å². The lowest BCUT2D eigenvalue weighted by atomic mass is 9.85. The normalized spacial score (nSPS) is 39.7. The maximum atomic E-state index is 12.1. The Morgan fingerprint density at radius 1 is 1.31 bits per heavy atom. The summed E-state index contributed by atoms with van der Waals surface area (Å²) in [5.74, 6) is 0.172. The van der Waals surface area contributed by atoms with Crippen molar-refractivity contribution in [1.82, 2.24) is 4.90 Å². The fourth-order valence-electron chi connectivity index (χ4n) is 3.36. The summed E-state index contributed by atoms with van der Waals surface area (Å²) in [6.07, 6.45) is 5.12. The molecule has 1 aliphatic heterocycles. The Balaban J connectivity index is 1.91. The minimum absolute atomic E-state index is 0.0570. The molecule has 1 heterocycles. The lowest BCUT2D eigenvalue weighted by molar-refractivity contribution is -0.139. The van der Waals surface area contributed by atoms with Crippen LogP contribution in [0.25, 0.3) is 0 Å². The summed E-state index contributed by atoms with van der Waals surface area (Å²) < 4.78 is 0. The molecule has 1 saturated carbocycles. The maximum Gasteiger partial charge on any atom is 0.234 e. The molecule has 2 bridgehead atoms. The molecular weight excluding hydrogens is 204 g/mol. The van der Waals surface area contributed by atoms with Gasteiger partial charge in [0, 0.05) is 5.71 Å². The zero-order chi connectivity index (χ0) is 11.4. The highest BCUT2D eigenvalue weighted by Crippen LogP contribution is 2.52. The van der Waals surface area contributed by atoms with Gasteiger partial charge in [-0.15, -0.1) is 0 Å². The summed E-state index contributed by atoms with van der Waals surface area (Å²) in [7, 11) is 0. The number of nitrogens with one attached hydrogen (secondary N) is 1. The van der Waals surface area contributed by atoms with Gasteiger partial charge >= 0.3 is 0 Å². The number of carbonyl (C=O) groups is 2. The van der Waals surface area contributed by atoms with Crippen LogP contribution in [-0.4, -0.2) is 29.0 Å². The highest BCUT2D eigenvalue weighted by molar-refractivity contribution is 6.08. The van der Waals surface area contributed by atoms with Crippen molar-refractivity contribution in [2.75, 3.05) is 6.54 Å². The van der Waals surface area contributed by atoms with E-state index >= 15 is 0 Å². The minimum Gasteiger partial charge on any atom is -0.308 e. The van der Waals surface area contributed by atoms with E-state index in [0.717, 1.165) is 6.42 Å². The number of fused-ring (bicyclic) bond motifs is 5. The fourth-order valence-corrected chi connectivity index (χ4v) is 3.36. The number of rotatable bonds is 2. The second kappa shape index (κ2) is 3.03. The van der Waals surface area contributed by atoms with E-state index in [1.165, 1.54) is 4.90 Å². The molecule has 2 amide bonds. The van der Waals surface area contributed by atoms with Crippen molar-refractivity contribution >= 4 is 17.5 Å². The van der Waals surface area contributed by atoms with Crippen molar-refractivity contribution < 1.29 is 9.59 Å². The van der Waals surface area contributed by atoms with Crippen molar-refractivity contribution in [3.05, 3.63) is 12.2 Å². The highest BCUT2D eigenvalue weighted by Gasteiger charge is 2.59. The molecule has 1 N–H and O–H groups in total. The van der Waals surface area contributed by atoms with Crippen LogP contribution in [-0.2, 0) is 9.59 Å². The van der Waals surface area contributed by atoms with Crippen LogP contribution in [0.4, 0.5) is 0 Å². The third-order valence-corrected chi connectivity index (χ3v) is 3.96. The molecule has 3 aliphatic rings. The first kappa shape index (κ1) is 9.75. The second-order valence-electron chi connectivity index (χ2n) is 5.04. The van der Waals surface area contributed by atoms with E-state index in [-0.39, 0.29) is 42.0 Å². The highest BCUT2D eigenvalue weighted by atomic mass is 16.2. The Labute approximate surface area is 93.8 Å². The van der Waals surface area contributed by atoms with Gasteiger partial charge in [-0.1, -0.05) is 12.2 Å². The molecule has 4 heteroatoms. The van der Waals surface area contributed by atoms with Crippen LogP contribution in [0.5, 0.6) is 0 Å². The molecule has 4 unspecified atom stereocenters. The van der Waals surface area contributed by atoms with Crippen LogP contribution in [0.1, 0.15) is 13.3 Å². The van der Waals surface area contributed by atoms with E-state index < -0.39 is 0 Å². The fraction of sp³-hybridized carbons (Fsp3) is 0.583. The van der Waals surface area contributed by atoms with Crippen LogP contribution >= 0.6 is 0 Å². The van der Waals surface area contributed by atoms with Crippen LogP contribution in [0.2, 0.25) is 0 Å². The van der Waals surface area contributed by atoms with Gasteiger partial charge < -0.3 is 5.41 Å². The number of hydrogen-bond donors (Lipinski definition) is 1. The molecular formula is C12H14N2O2. The Morgan fingerprint density at radius 3 is 2.25 bits per heavy atom. The molecule has 0 radical (unpaired) electrons. The first-order valence-corrected chi connectivity index (χ1v) is 5.67. The number of hydrogen-bond acceptors (Lipinski definition) is 3. The number of carbonyl (C=O) groups excluding carboxylic acids is 2. The topological polar surface area (TPSA) is 61.2 Å². The molecule has 4 nitrogen and oxygen atoms in total. The summed E-state index contributed by atoms with van der Waals surface area (Å²) in [5.41, 5.74) is 0.363. The van der Waals surface area contributed by atoms with E-state index in [9.17, 15) is 9.59 Å². The first-order chi connectivity index (χ1) is 7.59. The molecule has 0 aromatic rings. The summed E-state index contributed by atoms with van der Waals surface area (Å²) in [6, 6.07) is 0. The molecule has 0 aromatic carbocycles. The SMILES string of the molecule is CC(=N)CN1C(=O)C2C3C=CC(C3)C2C1=O. The van der Waals surface area contributed by atoms with Gasteiger partial charge in [0.25, 0.3) is 0 Å². The van der Waals surface area contributed by atoms with Crippen LogP contribution in [0.15, 0.2) is 12.2 Å². The van der Waals surface area contributed by atoms with Gasteiger partial charge in [0.15, 0.2) is 0 Å². The van der Waals surface area contributed by atoms with Gasteiger partial charge in [0.05, 0.1) is 18.4 Å². The van der Waals surface area contributed by atoms with Gasteiger partial charge in [-0.3, -0.25) is 14.5 Å². The zero-order valence-corrected chi connectivity index (χ0v) is 9.14. The van der Waals surface area contributed by atoms with Gasteiger partial charge in [-0.2, -0.15) is 0 Å². The third-order valence-electron chi connectivity index (χ3n) is 3.96. The summed E-state index contributed by atoms with van der Waals surface area (Å²) in [6.45, 7) is 1.80. The van der Waals surface area contributed by atoms with Crippen molar-refractivity contribution in [3.63, 3.8) is 0 Å². The lowest BCUT2D eigenvalue weighted by Gasteiger charge is -2.16. The number of likely N-dealkylation sites (tertiary alicyclic amines) is 1. The van der Waals surface area contributed by atoms with Gasteiger partial charge in [0.2, 0.25) is 11.8 Å². The molecule has 4 atom stereocenters. The number of allylic oxidation sites excluding steroid dienone is 2. The minimum atomic E-state index is -0.123. The Kier molecular flexibility index (Phi) is 1.85. The number of amides is 2. The Bertz CT molecular complexity index is 397. The van der Waals surface area contributed by atoms with E-state index in [4.69, 9.17) is 5.41 Å². The van der Waals surface area contributed by atoms with E-state index in [2.05, 4.69) is 12.2 Å². The van der Waals surface area contributed by atoms with E-state index in [1.54, 1.807) is 6.92 Å². The molecule has 1 saturated heterocycles. The Hall–Kier alpha value is -1.45. The molecule has 2 aliphatic carbocycles. The monoisotopic (exact) mass is 218 g/mol. The van der Waals surface area contributed by atoms with Crippen LogP contribution in [0, 0.1) is 29.1 Å². The number of imide groups is 1. The largest absolute Gasteiger partial charge is 0.308 e. The smallest absolute Gasteiger partial charge is 0.234 e. The zero-order valence-electron chi connectivity index (χ0n) is 9.14. The first-order valence-electron chi connectivity index (χ1n) is 5.67. The predicted molar refractivity (Wildman–Crippen MR) is 57.8 cm³/mol. The van der Waals surface area contributed by atoms with Crippen molar-refractivity contribution in [1.29, 1.82) is 5.41 Å². The van der Waals surface area contributed by atoms with E-state index in [1.807, 2.05) is 0 Å². The molecule has 2 fully saturated rings. The van der Waals surface area contributed by atoms with Crippen molar-refractivity contribution in [2.24, 2.45) is 23.7 Å². The summed E-state index contributed by atoms with van der Waals surface area (Å²) in [4.78, 5) is 25.5. The quantitative estimate of drug-likeness (QED) is 0.424. The second-order valence-corrected chi connectivity index (χ2v) is 5.04. The predicted octanol–water partition coefficient (Wildman–Crippen LogP) is 0.833. The summed E-state index contributed by atoms with van der Waals surface area (Å²) >= 11 is 0. The number of nitrogens with zero attached hydrogens (tertiary/aromatic N) is 1. The molecule has 0 spiro atoms. The average Bonchev–Trinajstić information content (AvgIpc) is 2.87. The summed E-state index contributed by atoms with van der Waals surface area (Å²) in [5, 5.41) is 7.40. The standard InChI is InChI=1S/C12H14N2O2/c1-6(13)5-14-11(15)9-7-2-3-8(4-7)10(9)12(14)16/h2-3,7-10,13H,4-5H2,1H3. The lowest BCUT2D eigenvalue weighted by Crippen LogP contribution is -2.36. The molecule has 3 rings (SSSR count). The average molecular weight is 218 g/mol. The van der Waals surface area contributed by atoms with Crippen LogP contribution < -0.4 is 0 Å². The molecule has 0 aromatic heterocycles. The van der Waals surface area contributed by atoms with E-state index in [0.29, 0.717) is 5.71 Å². The third kappa shape index (κ3) is 1.07. The van der Waals surface area contributed by atoms with Crippen LogP contribution in [0.3, 0.4) is 0 Å². The molecule has 16 heavy (non-hydrogen) atoms. The van der Waals surface area contributed by atoms with Gasteiger partial charge in [0.1, 0.15) is 0 Å². The molecule has 84 valence electrons.